The van der Waals surface area contributed by atoms with Gasteiger partial charge >= 0.3 is 0 Å². The molecule has 0 bridgehead atoms. The van der Waals surface area contributed by atoms with Gasteiger partial charge in [0.15, 0.2) is 5.78 Å². The minimum absolute atomic E-state index is 0.122. The van der Waals surface area contributed by atoms with E-state index in [4.69, 9.17) is 4.74 Å². The lowest BCUT2D eigenvalue weighted by molar-refractivity contribution is -0.135. The van der Waals surface area contributed by atoms with E-state index in [1.54, 1.807) is 0 Å². The summed E-state index contributed by atoms with van der Waals surface area (Å²) in [6.45, 7) is 4.74. The molecular formula is C13H24O2. The van der Waals surface area contributed by atoms with Gasteiger partial charge in [-0.05, 0) is 26.2 Å². The number of hydrogen-bond donors (Lipinski definition) is 0. The minimum atomic E-state index is -0.122. The highest BCUT2D eigenvalue weighted by Gasteiger charge is 2.27. The van der Waals surface area contributed by atoms with Crippen molar-refractivity contribution < 1.29 is 9.53 Å². The number of rotatable bonds is 6. The van der Waals surface area contributed by atoms with Crippen molar-refractivity contribution in [2.75, 3.05) is 6.61 Å². The van der Waals surface area contributed by atoms with Gasteiger partial charge in [-0.1, -0.05) is 32.6 Å². The molecule has 0 heterocycles. The lowest BCUT2D eigenvalue weighted by Gasteiger charge is -2.25. The zero-order valence-corrected chi connectivity index (χ0v) is 10.1. The first-order valence-corrected chi connectivity index (χ1v) is 6.44. The molecule has 1 aliphatic rings. The van der Waals surface area contributed by atoms with Crippen LogP contribution < -0.4 is 0 Å². The molecule has 1 unspecified atom stereocenters. The maximum Gasteiger partial charge on any atom is 0.164 e. The van der Waals surface area contributed by atoms with Gasteiger partial charge < -0.3 is 4.74 Å². The van der Waals surface area contributed by atoms with Crippen LogP contribution in [0.3, 0.4) is 0 Å². The van der Waals surface area contributed by atoms with Gasteiger partial charge in [-0.15, -0.1) is 0 Å². The highest BCUT2D eigenvalue weighted by Crippen LogP contribution is 2.26. The molecule has 0 aromatic heterocycles. The third-order valence-electron chi connectivity index (χ3n) is 3.24. The van der Waals surface area contributed by atoms with Crippen LogP contribution in [0, 0.1) is 5.92 Å². The highest BCUT2D eigenvalue weighted by molar-refractivity contribution is 5.85. The van der Waals surface area contributed by atoms with Crippen molar-refractivity contribution in [1.29, 1.82) is 0 Å². The van der Waals surface area contributed by atoms with Gasteiger partial charge in [-0.3, -0.25) is 4.79 Å². The first-order valence-electron chi connectivity index (χ1n) is 6.44. The Kier molecular flexibility index (Phi) is 5.92. The largest absolute Gasteiger partial charge is 0.371 e. The molecule has 2 heteroatoms. The smallest absolute Gasteiger partial charge is 0.164 e. The van der Waals surface area contributed by atoms with Crippen molar-refractivity contribution in [2.45, 2.75) is 64.9 Å². The second-order valence-electron chi connectivity index (χ2n) is 4.47. The molecule has 0 aromatic carbocycles. The summed E-state index contributed by atoms with van der Waals surface area (Å²) in [6, 6.07) is 0. The Morgan fingerprint density at radius 2 is 1.93 bits per heavy atom. The van der Waals surface area contributed by atoms with E-state index in [-0.39, 0.29) is 6.10 Å². The van der Waals surface area contributed by atoms with Crippen LogP contribution in [0.25, 0.3) is 0 Å². The molecule has 1 fully saturated rings. The maximum absolute atomic E-state index is 12.2. The lowest BCUT2D eigenvalue weighted by Crippen LogP contribution is -2.31. The molecule has 0 radical (unpaired) electrons. The van der Waals surface area contributed by atoms with E-state index in [2.05, 4.69) is 6.92 Å². The van der Waals surface area contributed by atoms with Crippen LogP contribution in [-0.2, 0) is 9.53 Å². The Hall–Kier alpha value is -0.370. The van der Waals surface area contributed by atoms with Gasteiger partial charge in [0.1, 0.15) is 6.10 Å². The molecule has 0 amide bonds. The highest BCUT2D eigenvalue weighted by atomic mass is 16.5. The zero-order chi connectivity index (χ0) is 11.1. The van der Waals surface area contributed by atoms with Crippen LogP contribution in [0.1, 0.15) is 58.8 Å². The number of carbonyl (C=O) groups is 1. The normalized spacial score (nSPS) is 20.1. The standard InChI is InChI=1S/C13H24O2/c1-3-8-12(15-4-2)13(14)11-9-6-5-7-10-11/h11-12H,3-10H2,1-2H3. The summed E-state index contributed by atoms with van der Waals surface area (Å²) in [4.78, 5) is 12.2. The van der Waals surface area contributed by atoms with E-state index in [1.165, 1.54) is 19.3 Å². The van der Waals surface area contributed by atoms with Gasteiger partial charge in [0.25, 0.3) is 0 Å². The summed E-state index contributed by atoms with van der Waals surface area (Å²) in [6.07, 6.45) is 7.73. The summed E-state index contributed by atoms with van der Waals surface area (Å²) >= 11 is 0. The first-order chi connectivity index (χ1) is 7.29. The van der Waals surface area contributed by atoms with Crippen molar-refractivity contribution in [3.63, 3.8) is 0 Å². The second kappa shape index (κ2) is 7.00. The van der Waals surface area contributed by atoms with E-state index < -0.39 is 0 Å². The predicted molar refractivity (Wildman–Crippen MR) is 61.9 cm³/mol. The van der Waals surface area contributed by atoms with Gasteiger partial charge in [0, 0.05) is 12.5 Å². The van der Waals surface area contributed by atoms with E-state index in [9.17, 15) is 4.79 Å². The van der Waals surface area contributed by atoms with Crippen LogP contribution in [0.15, 0.2) is 0 Å². The molecular weight excluding hydrogens is 188 g/mol. The average Bonchev–Trinajstić information content (AvgIpc) is 2.29. The van der Waals surface area contributed by atoms with Gasteiger partial charge in [-0.25, -0.2) is 0 Å². The van der Waals surface area contributed by atoms with Crippen molar-refractivity contribution in [1.82, 2.24) is 0 Å². The van der Waals surface area contributed by atoms with Crippen LogP contribution in [0.5, 0.6) is 0 Å². The third-order valence-corrected chi connectivity index (χ3v) is 3.24. The van der Waals surface area contributed by atoms with E-state index in [1.807, 2.05) is 6.92 Å². The molecule has 0 aliphatic heterocycles. The quantitative estimate of drug-likeness (QED) is 0.675. The Bertz CT molecular complexity index is 177. The Morgan fingerprint density at radius 1 is 1.27 bits per heavy atom. The summed E-state index contributed by atoms with van der Waals surface area (Å²) < 4.78 is 5.55. The predicted octanol–water partition coefficient (Wildman–Crippen LogP) is 3.34. The first kappa shape index (κ1) is 12.7. The molecule has 1 atom stereocenters. The zero-order valence-electron chi connectivity index (χ0n) is 10.1. The van der Waals surface area contributed by atoms with Crippen LogP contribution in [0.4, 0.5) is 0 Å². The topological polar surface area (TPSA) is 26.3 Å². The van der Waals surface area contributed by atoms with Crippen molar-refractivity contribution in [2.24, 2.45) is 5.92 Å². The second-order valence-corrected chi connectivity index (χ2v) is 4.47. The van der Waals surface area contributed by atoms with E-state index >= 15 is 0 Å². The fraction of sp³-hybridized carbons (Fsp3) is 0.923. The maximum atomic E-state index is 12.2. The Morgan fingerprint density at radius 3 is 2.47 bits per heavy atom. The summed E-state index contributed by atoms with van der Waals surface area (Å²) in [7, 11) is 0. The molecule has 0 aromatic rings. The van der Waals surface area contributed by atoms with Crippen LogP contribution in [0.2, 0.25) is 0 Å². The molecule has 0 spiro atoms. The third kappa shape index (κ3) is 3.94. The fourth-order valence-corrected chi connectivity index (χ4v) is 2.42. The summed E-state index contributed by atoms with van der Waals surface area (Å²) in [5, 5.41) is 0. The minimum Gasteiger partial charge on any atom is -0.371 e. The monoisotopic (exact) mass is 212 g/mol. The van der Waals surface area contributed by atoms with Gasteiger partial charge in [-0.2, -0.15) is 0 Å². The summed E-state index contributed by atoms with van der Waals surface area (Å²) in [5.74, 6) is 0.667. The number of ketones is 1. The fourth-order valence-electron chi connectivity index (χ4n) is 2.42. The Balaban J connectivity index is 2.45. The van der Waals surface area contributed by atoms with Crippen LogP contribution >= 0.6 is 0 Å². The van der Waals surface area contributed by atoms with E-state index in [0.29, 0.717) is 18.3 Å². The molecule has 1 aliphatic carbocycles. The summed E-state index contributed by atoms with van der Waals surface area (Å²) in [5.41, 5.74) is 0. The lowest BCUT2D eigenvalue weighted by atomic mass is 9.83. The molecule has 0 saturated heterocycles. The number of carbonyl (C=O) groups excluding carboxylic acids is 1. The van der Waals surface area contributed by atoms with Crippen molar-refractivity contribution in [3.05, 3.63) is 0 Å². The van der Waals surface area contributed by atoms with Crippen LogP contribution in [-0.4, -0.2) is 18.5 Å². The number of hydrogen-bond acceptors (Lipinski definition) is 2. The SMILES string of the molecule is CCCC(OCC)C(=O)C1CCCCC1. The Labute approximate surface area is 93.4 Å². The van der Waals surface area contributed by atoms with Gasteiger partial charge in [0.05, 0.1) is 0 Å². The van der Waals surface area contributed by atoms with Crippen molar-refractivity contribution >= 4 is 5.78 Å². The molecule has 2 nitrogen and oxygen atoms in total. The number of Topliss-reactive ketones (excluding diaryl/α,β-unsaturated/α-hetero) is 1. The molecule has 0 N–H and O–H groups in total. The number of ether oxygens (including phenoxy) is 1. The molecule has 1 saturated carbocycles. The molecule has 1 rings (SSSR count). The molecule has 88 valence electrons. The van der Waals surface area contributed by atoms with E-state index in [0.717, 1.165) is 25.7 Å². The molecule has 15 heavy (non-hydrogen) atoms. The van der Waals surface area contributed by atoms with Crippen molar-refractivity contribution in [3.8, 4) is 0 Å². The van der Waals surface area contributed by atoms with Gasteiger partial charge in [0.2, 0.25) is 0 Å². The average molecular weight is 212 g/mol.